The number of rotatable bonds is 18. The minimum Gasteiger partial charge on any atom is -0.356 e. The van der Waals surface area contributed by atoms with Gasteiger partial charge in [0.2, 0.25) is 5.91 Å². The van der Waals surface area contributed by atoms with E-state index in [9.17, 15) is 9.59 Å². The van der Waals surface area contributed by atoms with Crippen LogP contribution in [0.1, 0.15) is 111 Å². The molecule has 0 aliphatic heterocycles. The fourth-order valence-electron chi connectivity index (χ4n) is 5.04. The zero-order chi connectivity index (χ0) is 24.8. The summed E-state index contributed by atoms with van der Waals surface area (Å²) < 4.78 is 0. The Kier molecular flexibility index (Phi) is 13.3. The molecule has 3 nitrogen and oxygen atoms in total. The minimum absolute atomic E-state index is 0.209. The highest BCUT2D eigenvalue weighted by Crippen LogP contribution is 2.35. The third-order valence-corrected chi connectivity index (χ3v) is 7.54. The van der Waals surface area contributed by atoms with Gasteiger partial charge in [-0.05, 0) is 93.6 Å². The first-order valence-electron chi connectivity index (χ1n) is 13.9. The standard InChI is InChI=1S/C31H49NO2/c1-5-11-26(12-6-2)18-16-24(3)15-17-25(4)28-21-22-30(33)29(28)13-9-7-8-10-14-31(34)32-23-27-19-20-27/h5-6,11-12,24-25,27H,1,7-10,13-23H2,2-4H3,(H,32,34). The fraction of sp³-hybridized carbons (Fsp3) is 0.677. The van der Waals surface area contributed by atoms with E-state index in [1.54, 1.807) is 0 Å². The van der Waals surface area contributed by atoms with E-state index in [0.717, 1.165) is 63.0 Å². The number of carbonyl (C=O) groups is 2. The lowest BCUT2D eigenvalue weighted by Gasteiger charge is -2.18. The summed E-state index contributed by atoms with van der Waals surface area (Å²) in [7, 11) is 0. The van der Waals surface area contributed by atoms with Gasteiger partial charge in [-0.25, -0.2) is 0 Å². The summed E-state index contributed by atoms with van der Waals surface area (Å²) in [4.78, 5) is 24.4. The zero-order valence-electron chi connectivity index (χ0n) is 22.2. The Hall–Kier alpha value is -1.90. The van der Waals surface area contributed by atoms with Crippen LogP contribution in [-0.4, -0.2) is 18.2 Å². The van der Waals surface area contributed by atoms with Gasteiger partial charge in [0.15, 0.2) is 5.78 Å². The Labute approximate surface area is 209 Å². The third kappa shape index (κ3) is 11.0. The van der Waals surface area contributed by atoms with Crippen molar-refractivity contribution >= 4 is 11.7 Å². The molecule has 2 rings (SSSR count). The molecule has 2 atom stereocenters. The maximum atomic E-state index is 12.5. The Balaban J connectivity index is 1.67. The number of hydrogen-bond acceptors (Lipinski definition) is 2. The van der Waals surface area contributed by atoms with E-state index < -0.39 is 0 Å². The highest BCUT2D eigenvalue weighted by Gasteiger charge is 2.26. The van der Waals surface area contributed by atoms with E-state index in [1.807, 2.05) is 6.08 Å². The van der Waals surface area contributed by atoms with Crippen LogP contribution < -0.4 is 5.32 Å². The van der Waals surface area contributed by atoms with Crippen LogP contribution in [0.25, 0.3) is 0 Å². The van der Waals surface area contributed by atoms with Gasteiger partial charge < -0.3 is 5.32 Å². The van der Waals surface area contributed by atoms with Gasteiger partial charge >= 0.3 is 0 Å². The molecule has 0 spiro atoms. The van der Waals surface area contributed by atoms with Crippen LogP contribution in [0.5, 0.6) is 0 Å². The van der Waals surface area contributed by atoms with E-state index >= 15 is 0 Å². The van der Waals surface area contributed by atoms with Crippen molar-refractivity contribution in [1.29, 1.82) is 0 Å². The first kappa shape index (κ1) is 28.3. The van der Waals surface area contributed by atoms with Crippen molar-refractivity contribution in [3.05, 3.63) is 47.6 Å². The summed E-state index contributed by atoms with van der Waals surface area (Å²) in [6.45, 7) is 11.4. The smallest absolute Gasteiger partial charge is 0.220 e. The molecule has 0 heterocycles. The topological polar surface area (TPSA) is 46.2 Å². The maximum absolute atomic E-state index is 12.5. The number of unbranched alkanes of at least 4 members (excludes halogenated alkanes) is 3. The Bertz CT molecular complexity index is 753. The molecule has 1 amide bonds. The van der Waals surface area contributed by atoms with Crippen LogP contribution >= 0.6 is 0 Å². The highest BCUT2D eigenvalue weighted by atomic mass is 16.1. The number of amides is 1. The van der Waals surface area contributed by atoms with Gasteiger partial charge in [0.25, 0.3) is 0 Å². The van der Waals surface area contributed by atoms with Crippen molar-refractivity contribution in [2.75, 3.05) is 6.54 Å². The second-order valence-corrected chi connectivity index (χ2v) is 10.7. The molecule has 2 aliphatic carbocycles. The van der Waals surface area contributed by atoms with Gasteiger partial charge in [0.1, 0.15) is 0 Å². The van der Waals surface area contributed by atoms with Crippen molar-refractivity contribution in [2.24, 2.45) is 17.8 Å². The predicted molar refractivity (Wildman–Crippen MR) is 145 cm³/mol. The first-order valence-corrected chi connectivity index (χ1v) is 13.9. The van der Waals surface area contributed by atoms with Crippen molar-refractivity contribution < 1.29 is 9.59 Å². The maximum Gasteiger partial charge on any atom is 0.220 e. The van der Waals surface area contributed by atoms with E-state index in [2.05, 4.69) is 50.9 Å². The quantitative estimate of drug-likeness (QED) is 0.164. The summed E-state index contributed by atoms with van der Waals surface area (Å²) in [6, 6.07) is 0. The van der Waals surface area contributed by atoms with E-state index in [-0.39, 0.29) is 5.91 Å². The van der Waals surface area contributed by atoms with Crippen LogP contribution in [0.4, 0.5) is 0 Å². The molecule has 0 radical (unpaired) electrons. The molecule has 0 bridgehead atoms. The third-order valence-electron chi connectivity index (χ3n) is 7.54. The van der Waals surface area contributed by atoms with Crippen LogP contribution in [0.3, 0.4) is 0 Å². The number of nitrogens with one attached hydrogen (secondary N) is 1. The lowest BCUT2D eigenvalue weighted by atomic mass is 9.87. The molecule has 0 saturated heterocycles. The van der Waals surface area contributed by atoms with Gasteiger partial charge in [0.05, 0.1) is 0 Å². The lowest BCUT2D eigenvalue weighted by Crippen LogP contribution is -2.25. The normalized spacial score (nSPS) is 18.6. The van der Waals surface area contributed by atoms with E-state index in [0.29, 0.717) is 30.5 Å². The molecule has 1 N–H and O–H groups in total. The van der Waals surface area contributed by atoms with Crippen molar-refractivity contribution in [3.8, 4) is 0 Å². The van der Waals surface area contributed by atoms with Crippen molar-refractivity contribution in [2.45, 2.75) is 111 Å². The van der Waals surface area contributed by atoms with Crippen LogP contribution in [0, 0.1) is 17.8 Å². The molecule has 3 heteroatoms. The fourth-order valence-corrected chi connectivity index (χ4v) is 5.04. The molecular weight excluding hydrogens is 418 g/mol. The highest BCUT2D eigenvalue weighted by molar-refractivity contribution is 5.98. The molecule has 0 aromatic heterocycles. The molecule has 2 aliphatic rings. The summed E-state index contributed by atoms with van der Waals surface area (Å²) in [6.07, 6.45) is 23.0. The predicted octanol–water partition coefficient (Wildman–Crippen LogP) is 8.03. The number of ketones is 1. The largest absolute Gasteiger partial charge is 0.356 e. The Morgan fingerprint density at radius 3 is 2.53 bits per heavy atom. The SMILES string of the molecule is C=CC=C(C=CC)CCC(C)CCC(C)C1=C(CCCCCCC(=O)NCC2CC2)C(=O)CC1. The van der Waals surface area contributed by atoms with Crippen LogP contribution in [-0.2, 0) is 9.59 Å². The van der Waals surface area contributed by atoms with Gasteiger partial charge in [-0.1, -0.05) is 69.6 Å². The van der Waals surface area contributed by atoms with E-state index in [4.69, 9.17) is 0 Å². The van der Waals surface area contributed by atoms with Crippen molar-refractivity contribution in [3.63, 3.8) is 0 Å². The molecule has 0 aromatic rings. The number of allylic oxidation sites excluding steroid dienone is 7. The van der Waals surface area contributed by atoms with Gasteiger partial charge in [-0.15, -0.1) is 0 Å². The van der Waals surface area contributed by atoms with Crippen molar-refractivity contribution in [1.82, 2.24) is 5.32 Å². The van der Waals surface area contributed by atoms with Gasteiger partial charge in [0, 0.05) is 19.4 Å². The number of Topliss-reactive ketones (excluding diaryl/α,β-unsaturated/α-hetero) is 1. The minimum atomic E-state index is 0.209. The molecule has 1 fully saturated rings. The molecule has 1 saturated carbocycles. The monoisotopic (exact) mass is 467 g/mol. The second kappa shape index (κ2) is 15.9. The van der Waals surface area contributed by atoms with Crippen LogP contribution in [0.15, 0.2) is 47.6 Å². The second-order valence-electron chi connectivity index (χ2n) is 10.7. The average molecular weight is 468 g/mol. The zero-order valence-corrected chi connectivity index (χ0v) is 22.2. The Morgan fingerprint density at radius 2 is 1.82 bits per heavy atom. The number of carbonyl (C=O) groups excluding carboxylic acids is 2. The van der Waals surface area contributed by atoms with E-state index in [1.165, 1.54) is 43.3 Å². The summed E-state index contributed by atoms with van der Waals surface area (Å²) in [5, 5.41) is 3.05. The summed E-state index contributed by atoms with van der Waals surface area (Å²) in [5.74, 6) is 2.54. The molecular formula is C31H49NO2. The summed E-state index contributed by atoms with van der Waals surface area (Å²) >= 11 is 0. The van der Waals surface area contributed by atoms with Crippen LogP contribution in [0.2, 0.25) is 0 Å². The molecule has 190 valence electrons. The molecule has 34 heavy (non-hydrogen) atoms. The van der Waals surface area contributed by atoms with Gasteiger partial charge in [-0.2, -0.15) is 0 Å². The van der Waals surface area contributed by atoms with Gasteiger partial charge in [-0.3, -0.25) is 9.59 Å². The number of hydrogen-bond donors (Lipinski definition) is 1. The average Bonchev–Trinajstić information content (AvgIpc) is 3.58. The molecule has 2 unspecified atom stereocenters. The molecule has 0 aromatic carbocycles. The summed E-state index contributed by atoms with van der Waals surface area (Å²) in [5.41, 5.74) is 3.94. The lowest BCUT2D eigenvalue weighted by molar-refractivity contribution is -0.121. The first-order chi connectivity index (χ1) is 16.4. The Morgan fingerprint density at radius 1 is 1.06 bits per heavy atom.